The highest BCUT2D eigenvalue weighted by molar-refractivity contribution is 9.10. The van der Waals surface area contributed by atoms with Crippen molar-refractivity contribution in [2.24, 2.45) is 0 Å². The first-order chi connectivity index (χ1) is 4.27. The third kappa shape index (κ3) is 1.76. The molecule has 0 saturated carbocycles. The van der Waals surface area contributed by atoms with Gasteiger partial charge in [-0.15, -0.1) is 0 Å². The van der Waals surface area contributed by atoms with Crippen molar-refractivity contribution in [2.45, 2.75) is 17.2 Å². The van der Waals surface area contributed by atoms with E-state index in [9.17, 15) is 4.79 Å². The molecular formula is C6H9BrO2. The fourth-order valence-corrected chi connectivity index (χ4v) is 1.15. The molecule has 0 bridgehead atoms. The third-order valence-corrected chi connectivity index (χ3v) is 2.52. The van der Waals surface area contributed by atoms with Crippen molar-refractivity contribution in [2.75, 3.05) is 13.2 Å². The lowest BCUT2D eigenvalue weighted by molar-refractivity contribution is -0.111. The molecule has 0 aromatic carbocycles. The van der Waals surface area contributed by atoms with Crippen LogP contribution in [0.2, 0.25) is 0 Å². The molecule has 0 radical (unpaired) electrons. The maximum atomic E-state index is 10.4. The Morgan fingerprint density at radius 1 is 1.44 bits per heavy atom. The first-order valence-electron chi connectivity index (χ1n) is 3.00. The second-order valence-electron chi connectivity index (χ2n) is 2.26. The van der Waals surface area contributed by atoms with Gasteiger partial charge in [0.25, 0.3) is 0 Å². The fourth-order valence-electron chi connectivity index (χ4n) is 0.829. The lowest BCUT2D eigenvalue weighted by Crippen LogP contribution is -2.31. The van der Waals surface area contributed by atoms with Crippen LogP contribution in [0.5, 0.6) is 0 Å². The lowest BCUT2D eigenvalue weighted by atomic mass is 10.0. The number of rotatable bonds is 1. The molecule has 1 rings (SSSR count). The predicted molar refractivity (Wildman–Crippen MR) is 37.8 cm³/mol. The summed E-state index contributed by atoms with van der Waals surface area (Å²) in [4.78, 5) is 10.4. The third-order valence-electron chi connectivity index (χ3n) is 1.54. The molecule has 0 aliphatic carbocycles. The van der Waals surface area contributed by atoms with Crippen LogP contribution in [0.25, 0.3) is 0 Å². The van der Waals surface area contributed by atoms with Crippen molar-refractivity contribution in [3.8, 4) is 0 Å². The highest BCUT2D eigenvalue weighted by Crippen LogP contribution is 2.27. The number of aldehydes is 1. The van der Waals surface area contributed by atoms with Gasteiger partial charge in [-0.05, 0) is 12.8 Å². The van der Waals surface area contributed by atoms with Crippen LogP contribution in [0.3, 0.4) is 0 Å². The van der Waals surface area contributed by atoms with Crippen LogP contribution in [0.1, 0.15) is 12.8 Å². The number of halogens is 1. The Morgan fingerprint density at radius 2 is 2.00 bits per heavy atom. The summed E-state index contributed by atoms with van der Waals surface area (Å²) < 4.78 is 4.81. The molecule has 0 spiro atoms. The van der Waals surface area contributed by atoms with Crippen LogP contribution >= 0.6 is 15.9 Å². The fraction of sp³-hybridized carbons (Fsp3) is 0.833. The molecule has 0 unspecified atom stereocenters. The molecule has 0 N–H and O–H groups in total. The van der Waals surface area contributed by atoms with Crippen LogP contribution in [-0.4, -0.2) is 23.8 Å². The molecule has 52 valence electrons. The van der Waals surface area contributed by atoms with Crippen LogP contribution in [0.15, 0.2) is 0 Å². The molecule has 9 heavy (non-hydrogen) atoms. The van der Waals surface area contributed by atoms with Gasteiger partial charge in [0, 0.05) is 13.2 Å². The van der Waals surface area contributed by atoms with Gasteiger partial charge in [0.05, 0.1) is 4.32 Å². The molecule has 0 aromatic rings. The summed E-state index contributed by atoms with van der Waals surface area (Å²) in [5.41, 5.74) is 0. The summed E-state index contributed by atoms with van der Waals surface area (Å²) in [5, 5.41) is 0. The van der Waals surface area contributed by atoms with Gasteiger partial charge in [-0.2, -0.15) is 0 Å². The summed E-state index contributed by atoms with van der Waals surface area (Å²) >= 11 is 3.35. The Morgan fingerprint density at radius 3 is 2.33 bits per heavy atom. The average molecular weight is 193 g/mol. The topological polar surface area (TPSA) is 26.3 Å². The molecule has 1 aliphatic heterocycles. The minimum Gasteiger partial charge on any atom is -0.381 e. The highest BCUT2D eigenvalue weighted by atomic mass is 79.9. The van der Waals surface area contributed by atoms with E-state index in [1.54, 1.807) is 0 Å². The van der Waals surface area contributed by atoms with E-state index in [1.165, 1.54) is 0 Å². The number of hydrogen-bond acceptors (Lipinski definition) is 2. The number of hydrogen-bond donors (Lipinski definition) is 0. The first-order valence-corrected chi connectivity index (χ1v) is 3.79. The summed E-state index contributed by atoms with van der Waals surface area (Å²) in [7, 11) is 0. The van der Waals surface area contributed by atoms with E-state index in [0.29, 0.717) is 13.2 Å². The zero-order valence-electron chi connectivity index (χ0n) is 5.10. The Balaban J connectivity index is 2.46. The Hall–Kier alpha value is 0.110. The van der Waals surface area contributed by atoms with Gasteiger partial charge < -0.3 is 9.53 Å². The van der Waals surface area contributed by atoms with E-state index in [-0.39, 0.29) is 4.32 Å². The van der Waals surface area contributed by atoms with Gasteiger partial charge in [-0.25, -0.2) is 0 Å². The second-order valence-corrected chi connectivity index (χ2v) is 3.84. The predicted octanol–water partition coefficient (Wildman–Crippen LogP) is 1.13. The van der Waals surface area contributed by atoms with Crippen molar-refractivity contribution in [1.82, 2.24) is 0 Å². The molecule has 1 fully saturated rings. The molecule has 0 amide bonds. The Bertz CT molecular complexity index is 108. The minimum absolute atomic E-state index is 0.273. The van der Waals surface area contributed by atoms with E-state index in [0.717, 1.165) is 19.1 Å². The molecular weight excluding hydrogens is 184 g/mol. The van der Waals surface area contributed by atoms with Crippen LogP contribution in [-0.2, 0) is 9.53 Å². The van der Waals surface area contributed by atoms with Crippen molar-refractivity contribution >= 4 is 22.2 Å². The summed E-state index contributed by atoms with van der Waals surface area (Å²) in [5.74, 6) is 0. The lowest BCUT2D eigenvalue weighted by Gasteiger charge is -2.25. The molecule has 0 aromatic heterocycles. The van der Waals surface area contributed by atoms with Gasteiger partial charge in [-0.3, -0.25) is 0 Å². The monoisotopic (exact) mass is 192 g/mol. The number of alkyl halides is 1. The second kappa shape index (κ2) is 2.80. The maximum Gasteiger partial charge on any atom is 0.136 e. The summed E-state index contributed by atoms with van der Waals surface area (Å²) in [6.07, 6.45) is 2.57. The van der Waals surface area contributed by atoms with Crippen molar-refractivity contribution in [3.05, 3.63) is 0 Å². The number of ether oxygens (including phenoxy) is 1. The Kier molecular flexibility index (Phi) is 2.24. The van der Waals surface area contributed by atoms with E-state index in [1.807, 2.05) is 0 Å². The van der Waals surface area contributed by atoms with E-state index < -0.39 is 0 Å². The standard InChI is InChI=1S/C6H9BrO2/c7-6(5-8)1-3-9-4-2-6/h5H,1-4H2. The van der Waals surface area contributed by atoms with Crippen molar-refractivity contribution < 1.29 is 9.53 Å². The molecule has 3 heteroatoms. The van der Waals surface area contributed by atoms with Crippen LogP contribution < -0.4 is 0 Å². The van der Waals surface area contributed by atoms with Crippen molar-refractivity contribution in [1.29, 1.82) is 0 Å². The minimum atomic E-state index is -0.273. The largest absolute Gasteiger partial charge is 0.381 e. The smallest absolute Gasteiger partial charge is 0.136 e. The van der Waals surface area contributed by atoms with Crippen LogP contribution in [0.4, 0.5) is 0 Å². The summed E-state index contributed by atoms with van der Waals surface area (Å²) in [6.45, 7) is 1.40. The van der Waals surface area contributed by atoms with Crippen molar-refractivity contribution in [3.63, 3.8) is 0 Å². The zero-order valence-corrected chi connectivity index (χ0v) is 6.69. The van der Waals surface area contributed by atoms with Crippen LogP contribution in [0, 0.1) is 0 Å². The van der Waals surface area contributed by atoms with Gasteiger partial charge in [0.15, 0.2) is 0 Å². The molecule has 0 atom stereocenters. The average Bonchev–Trinajstić information content (AvgIpc) is 1.90. The molecule has 2 nitrogen and oxygen atoms in total. The SMILES string of the molecule is O=CC1(Br)CCOCC1. The number of carbonyl (C=O) groups excluding carboxylic acids is 1. The van der Waals surface area contributed by atoms with E-state index >= 15 is 0 Å². The van der Waals surface area contributed by atoms with E-state index in [4.69, 9.17) is 4.74 Å². The van der Waals surface area contributed by atoms with Gasteiger partial charge in [-0.1, -0.05) is 15.9 Å². The van der Waals surface area contributed by atoms with E-state index in [2.05, 4.69) is 15.9 Å². The summed E-state index contributed by atoms with van der Waals surface area (Å²) in [6, 6.07) is 0. The molecule has 1 heterocycles. The Labute approximate surface area is 62.7 Å². The number of carbonyl (C=O) groups is 1. The maximum absolute atomic E-state index is 10.4. The quantitative estimate of drug-likeness (QED) is 0.460. The van der Waals surface area contributed by atoms with Gasteiger partial charge >= 0.3 is 0 Å². The van der Waals surface area contributed by atoms with Gasteiger partial charge in [0.2, 0.25) is 0 Å². The molecule has 1 saturated heterocycles. The first kappa shape index (κ1) is 7.22. The normalized spacial score (nSPS) is 25.4. The molecule has 1 aliphatic rings. The van der Waals surface area contributed by atoms with Gasteiger partial charge in [0.1, 0.15) is 6.29 Å². The zero-order chi connectivity index (χ0) is 6.74. The highest BCUT2D eigenvalue weighted by Gasteiger charge is 2.28.